The summed E-state index contributed by atoms with van der Waals surface area (Å²) in [6.45, 7) is 0.398. The van der Waals surface area contributed by atoms with E-state index in [1.807, 2.05) is 12.1 Å². The van der Waals surface area contributed by atoms with Gasteiger partial charge < -0.3 is 19.9 Å². The zero-order chi connectivity index (χ0) is 16.7. The van der Waals surface area contributed by atoms with Crippen LogP contribution in [-0.2, 0) is 6.61 Å². The van der Waals surface area contributed by atoms with Crippen LogP contribution in [0.3, 0.4) is 0 Å². The highest BCUT2D eigenvalue weighted by Gasteiger charge is 2.09. The Morgan fingerprint density at radius 3 is 2.61 bits per heavy atom. The molecule has 0 radical (unpaired) electrons. The number of hydrogen-bond acceptors (Lipinski definition) is 4. The van der Waals surface area contributed by atoms with Gasteiger partial charge in [-0.2, -0.15) is 0 Å². The molecule has 0 bridgehead atoms. The summed E-state index contributed by atoms with van der Waals surface area (Å²) < 4.78 is 11.0. The van der Waals surface area contributed by atoms with Gasteiger partial charge in [0.15, 0.2) is 0 Å². The van der Waals surface area contributed by atoms with Gasteiger partial charge in [-0.3, -0.25) is 4.79 Å². The molecule has 0 unspecified atom stereocenters. The van der Waals surface area contributed by atoms with Crippen LogP contribution >= 0.6 is 11.6 Å². The first-order valence-corrected chi connectivity index (χ1v) is 7.46. The summed E-state index contributed by atoms with van der Waals surface area (Å²) >= 11 is 6.16. The molecule has 2 N–H and O–H groups in total. The zero-order valence-electron chi connectivity index (χ0n) is 12.7. The van der Waals surface area contributed by atoms with Crippen LogP contribution in [0.5, 0.6) is 11.5 Å². The van der Waals surface area contributed by atoms with Gasteiger partial charge in [-0.15, -0.1) is 0 Å². The second-order valence-corrected chi connectivity index (χ2v) is 5.12. The highest BCUT2D eigenvalue weighted by molar-refractivity contribution is 6.31. The molecule has 2 rings (SSSR count). The van der Waals surface area contributed by atoms with Crippen LogP contribution in [0.25, 0.3) is 0 Å². The minimum Gasteiger partial charge on any atom is -0.496 e. The molecule has 122 valence electrons. The SMILES string of the molecule is COc1cccc(Cl)c1COc1ccc(C(=O)NCCO)cc1. The van der Waals surface area contributed by atoms with Gasteiger partial charge >= 0.3 is 0 Å². The summed E-state index contributed by atoms with van der Waals surface area (Å²) in [5.41, 5.74) is 1.27. The van der Waals surface area contributed by atoms with Crippen molar-refractivity contribution in [3.63, 3.8) is 0 Å². The highest BCUT2D eigenvalue weighted by atomic mass is 35.5. The smallest absolute Gasteiger partial charge is 0.251 e. The predicted octanol–water partition coefficient (Wildman–Crippen LogP) is 2.65. The maximum atomic E-state index is 11.7. The Labute approximate surface area is 139 Å². The molecule has 2 aromatic carbocycles. The monoisotopic (exact) mass is 335 g/mol. The Bertz CT molecular complexity index is 658. The van der Waals surface area contributed by atoms with Gasteiger partial charge in [-0.1, -0.05) is 17.7 Å². The Hall–Kier alpha value is -2.24. The Kier molecular flexibility index (Phi) is 6.26. The Morgan fingerprint density at radius 1 is 1.22 bits per heavy atom. The van der Waals surface area contributed by atoms with E-state index in [0.29, 0.717) is 22.1 Å². The number of ether oxygens (including phenoxy) is 2. The fraction of sp³-hybridized carbons (Fsp3) is 0.235. The molecule has 0 saturated carbocycles. The summed E-state index contributed by atoms with van der Waals surface area (Å²) in [6, 6.07) is 12.1. The number of benzene rings is 2. The molecule has 0 atom stereocenters. The topological polar surface area (TPSA) is 67.8 Å². The molecule has 6 heteroatoms. The van der Waals surface area contributed by atoms with E-state index >= 15 is 0 Å². The third-order valence-corrected chi connectivity index (χ3v) is 3.55. The van der Waals surface area contributed by atoms with Gasteiger partial charge in [0.25, 0.3) is 5.91 Å². The van der Waals surface area contributed by atoms with Crippen molar-refractivity contribution in [3.8, 4) is 11.5 Å². The van der Waals surface area contributed by atoms with Gasteiger partial charge in [0.2, 0.25) is 0 Å². The van der Waals surface area contributed by atoms with Crippen LogP contribution in [0.1, 0.15) is 15.9 Å². The summed E-state index contributed by atoms with van der Waals surface area (Å²) in [5.74, 6) is 1.04. The predicted molar refractivity (Wildman–Crippen MR) is 88.2 cm³/mol. The normalized spacial score (nSPS) is 10.2. The second kappa shape index (κ2) is 8.41. The fourth-order valence-corrected chi connectivity index (χ4v) is 2.22. The van der Waals surface area contributed by atoms with E-state index in [0.717, 1.165) is 5.56 Å². The van der Waals surface area contributed by atoms with E-state index in [1.165, 1.54) is 0 Å². The number of aliphatic hydroxyl groups excluding tert-OH is 1. The average Bonchev–Trinajstić information content (AvgIpc) is 2.58. The molecular weight excluding hydrogens is 318 g/mol. The highest BCUT2D eigenvalue weighted by Crippen LogP contribution is 2.27. The van der Waals surface area contributed by atoms with Crippen molar-refractivity contribution in [1.82, 2.24) is 5.32 Å². The lowest BCUT2D eigenvalue weighted by Gasteiger charge is -2.12. The van der Waals surface area contributed by atoms with Crippen LogP contribution in [0.15, 0.2) is 42.5 Å². The van der Waals surface area contributed by atoms with E-state index in [1.54, 1.807) is 37.4 Å². The lowest BCUT2D eigenvalue weighted by Crippen LogP contribution is -2.26. The summed E-state index contributed by atoms with van der Waals surface area (Å²) in [5, 5.41) is 11.9. The van der Waals surface area contributed by atoms with E-state index in [2.05, 4.69) is 5.32 Å². The third kappa shape index (κ3) is 4.61. The molecular formula is C17H18ClNO4. The van der Waals surface area contributed by atoms with Gasteiger partial charge in [-0.05, 0) is 36.4 Å². The number of rotatable bonds is 7. The van der Waals surface area contributed by atoms with Gasteiger partial charge in [-0.25, -0.2) is 0 Å². The quantitative estimate of drug-likeness (QED) is 0.816. The molecule has 2 aromatic rings. The standard InChI is InChI=1S/C17H18ClNO4/c1-22-16-4-2-3-15(18)14(16)11-23-13-7-5-12(6-8-13)17(21)19-9-10-20/h2-8,20H,9-11H2,1H3,(H,19,21). The molecule has 0 saturated heterocycles. The first kappa shape index (κ1) is 17.1. The summed E-state index contributed by atoms with van der Waals surface area (Å²) in [4.78, 5) is 11.7. The van der Waals surface area contributed by atoms with E-state index in [9.17, 15) is 4.79 Å². The first-order valence-electron chi connectivity index (χ1n) is 7.09. The van der Waals surface area contributed by atoms with Crippen molar-refractivity contribution in [1.29, 1.82) is 0 Å². The molecule has 0 aliphatic carbocycles. The van der Waals surface area contributed by atoms with Crippen molar-refractivity contribution in [2.45, 2.75) is 6.61 Å². The average molecular weight is 336 g/mol. The van der Waals surface area contributed by atoms with Crippen LogP contribution in [0, 0.1) is 0 Å². The van der Waals surface area contributed by atoms with Gasteiger partial charge in [0.05, 0.1) is 18.7 Å². The zero-order valence-corrected chi connectivity index (χ0v) is 13.5. The molecule has 0 aliphatic rings. The Morgan fingerprint density at radius 2 is 1.96 bits per heavy atom. The summed E-state index contributed by atoms with van der Waals surface area (Å²) in [6.07, 6.45) is 0. The second-order valence-electron chi connectivity index (χ2n) is 4.71. The van der Waals surface area contributed by atoms with E-state index in [-0.39, 0.29) is 25.7 Å². The molecule has 0 fully saturated rings. The number of carbonyl (C=O) groups is 1. The molecule has 0 aliphatic heterocycles. The number of halogens is 1. The number of methoxy groups -OCH3 is 1. The van der Waals surface area contributed by atoms with Gasteiger partial charge in [0, 0.05) is 17.7 Å². The number of carbonyl (C=O) groups excluding carboxylic acids is 1. The Balaban J connectivity index is 2.01. The maximum absolute atomic E-state index is 11.7. The van der Waals surface area contributed by atoms with Crippen molar-refractivity contribution >= 4 is 17.5 Å². The third-order valence-electron chi connectivity index (χ3n) is 3.19. The van der Waals surface area contributed by atoms with Crippen molar-refractivity contribution in [2.24, 2.45) is 0 Å². The fourth-order valence-electron chi connectivity index (χ4n) is 2.00. The minimum atomic E-state index is -0.238. The number of aliphatic hydroxyl groups is 1. The first-order chi connectivity index (χ1) is 11.2. The summed E-state index contributed by atoms with van der Waals surface area (Å²) in [7, 11) is 1.58. The lowest BCUT2D eigenvalue weighted by molar-refractivity contribution is 0.0944. The molecule has 5 nitrogen and oxygen atoms in total. The van der Waals surface area contributed by atoms with Crippen molar-refractivity contribution < 1.29 is 19.4 Å². The largest absolute Gasteiger partial charge is 0.496 e. The van der Waals surface area contributed by atoms with Crippen LogP contribution in [0.4, 0.5) is 0 Å². The molecule has 1 amide bonds. The van der Waals surface area contributed by atoms with E-state index < -0.39 is 0 Å². The molecule has 0 aromatic heterocycles. The molecule has 0 spiro atoms. The number of nitrogens with one attached hydrogen (secondary N) is 1. The van der Waals surface area contributed by atoms with E-state index in [4.69, 9.17) is 26.2 Å². The van der Waals surface area contributed by atoms with Crippen molar-refractivity contribution in [3.05, 3.63) is 58.6 Å². The van der Waals surface area contributed by atoms with Crippen molar-refractivity contribution in [2.75, 3.05) is 20.3 Å². The van der Waals surface area contributed by atoms with Crippen LogP contribution < -0.4 is 14.8 Å². The number of hydrogen-bond donors (Lipinski definition) is 2. The molecule has 0 heterocycles. The van der Waals surface area contributed by atoms with Crippen LogP contribution in [-0.4, -0.2) is 31.3 Å². The molecule has 23 heavy (non-hydrogen) atoms. The van der Waals surface area contributed by atoms with Crippen LogP contribution in [0.2, 0.25) is 5.02 Å². The number of amides is 1. The lowest BCUT2D eigenvalue weighted by atomic mass is 10.2. The maximum Gasteiger partial charge on any atom is 0.251 e. The van der Waals surface area contributed by atoms with Gasteiger partial charge in [0.1, 0.15) is 18.1 Å². The minimum absolute atomic E-state index is 0.0907.